The highest BCUT2D eigenvalue weighted by molar-refractivity contribution is 5.99. The number of esters is 1. The summed E-state index contributed by atoms with van der Waals surface area (Å²) in [4.78, 5) is 33.8. The van der Waals surface area contributed by atoms with Crippen molar-refractivity contribution in [1.29, 1.82) is 0 Å². The van der Waals surface area contributed by atoms with Crippen molar-refractivity contribution >= 4 is 22.8 Å². The summed E-state index contributed by atoms with van der Waals surface area (Å²) in [5.74, 6) is 0.585. The van der Waals surface area contributed by atoms with Gasteiger partial charge in [-0.2, -0.15) is 0 Å². The number of likely N-dealkylation sites (tertiary alicyclic amines) is 1. The van der Waals surface area contributed by atoms with Gasteiger partial charge in [-0.15, -0.1) is 0 Å². The summed E-state index contributed by atoms with van der Waals surface area (Å²) in [5.41, 5.74) is 4.27. The van der Waals surface area contributed by atoms with Crippen molar-refractivity contribution in [2.75, 3.05) is 33.8 Å². The Labute approximate surface area is 236 Å². The maximum Gasteiger partial charge on any atom is 0.308 e. The Balaban J connectivity index is 1.32. The van der Waals surface area contributed by atoms with E-state index in [0.29, 0.717) is 23.1 Å². The van der Waals surface area contributed by atoms with Crippen LogP contribution in [0.2, 0.25) is 0 Å². The molecule has 3 heterocycles. The first-order valence-corrected chi connectivity index (χ1v) is 14.5. The highest BCUT2D eigenvalue weighted by atomic mass is 19.1. The molecule has 2 aromatic heterocycles. The third-order valence-corrected chi connectivity index (χ3v) is 8.96. The molecule has 5 rings (SSSR count). The van der Waals surface area contributed by atoms with Gasteiger partial charge in [-0.1, -0.05) is 0 Å². The number of aryl methyl sites for hydroxylation is 1. The van der Waals surface area contributed by atoms with E-state index in [1.54, 1.807) is 18.0 Å². The van der Waals surface area contributed by atoms with Crippen LogP contribution in [0.15, 0.2) is 36.8 Å². The van der Waals surface area contributed by atoms with Crippen molar-refractivity contribution in [3.63, 3.8) is 0 Å². The number of amides is 1. The van der Waals surface area contributed by atoms with Gasteiger partial charge >= 0.3 is 5.97 Å². The van der Waals surface area contributed by atoms with Crippen LogP contribution in [-0.4, -0.2) is 71.1 Å². The molecule has 1 amide bonds. The Hall–Kier alpha value is -3.26. The molecular weight excluding hydrogens is 507 g/mol. The predicted molar refractivity (Wildman–Crippen MR) is 154 cm³/mol. The summed E-state index contributed by atoms with van der Waals surface area (Å²) >= 11 is 0. The minimum atomic E-state index is -0.427. The van der Waals surface area contributed by atoms with E-state index in [-0.39, 0.29) is 23.8 Å². The van der Waals surface area contributed by atoms with E-state index >= 15 is 0 Å². The highest BCUT2D eigenvalue weighted by Gasteiger charge is 2.33. The number of methoxy groups -OCH3 is 1. The van der Waals surface area contributed by atoms with Crippen LogP contribution < -0.4 is 0 Å². The van der Waals surface area contributed by atoms with Crippen molar-refractivity contribution in [1.82, 2.24) is 19.4 Å². The second kappa shape index (κ2) is 11.7. The largest absolute Gasteiger partial charge is 0.469 e. The molecular formula is C32H41FN4O3. The highest BCUT2D eigenvalue weighted by Crippen LogP contribution is 2.35. The zero-order chi connectivity index (χ0) is 28.6. The van der Waals surface area contributed by atoms with Crippen LogP contribution in [0.4, 0.5) is 4.39 Å². The topological polar surface area (TPSA) is 67.7 Å². The number of carbonyl (C=O) groups is 2. The lowest BCUT2D eigenvalue weighted by atomic mass is 9.81. The maximum absolute atomic E-state index is 14.4. The molecule has 0 unspecified atom stereocenters. The number of benzene rings is 1. The molecule has 2 aliphatic rings. The van der Waals surface area contributed by atoms with Crippen LogP contribution >= 0.6 is 0 Å². The summed E-state index contributed by atoms with van der Waals surface area (Å²) in [7, 11) is 3.23. The number of aromatic nitrogens is 2. The van der Waals surface area contributed by atoms with Gasteiger partial charge in [-0.25, -0.2) is 4.39 Å². The Bertz CT molecular complexity index is 1390. The molecule has 1 aromatic carbocycles. The molecule has 0 bridgehead atoms. The van der Waals surface area contributed by atoms with Gasteiger partial charge in [0.05, 0.1) is 36.0 Å². The van der Waals surface area contributed by atoms with E-state index in [1.165, 1.54) is 24.8 Å². The second-order valence-corrected chi connectivity index (χ2v) is 12.1. The minimum Gasteiger partial charge on any atom is -0.469 e. The summed E-state index contributed by atoms with van der Waals surface area (Å²) in [6.45, 7) is 9.19. The molecule has 0 spiro atoms. The molecule has 0 radical (unpaired) electrons. The fraction of sp³-hybridized carbons (Fsp3) is 0.531. The van der Waals surface area contributed by atoms with Gasteiger partial charge in [0.1, 0.15) is 5.82 Å². The van der Waals surface area contributed by atoms with Crippen molar-refractivity contribution in [3.8, 4) is 5.69 Å². The molecule has 1 aliphatic heterocycles. The second-order valence-electron chi connectivity index (χ2n) is 12.1. The Morgan fingerprint density at radius 1 is 1.12 bits per heavy atom. The van der Waals surface area contributed by atoms with Crippen molar-refractivity contribution in [2.24, 2.45) is 17.8 Å². The number of nitrogens with zero attached hydrogens (tertiary/aromatic N) is 4. The zero-order valence-electron chi connectivity index (χ0n) is 24.3. The number of hydrogen-bond donors (Lipinski definition) is 0. The van der Waals surface area contributed by atoms with Crippen LogP contribution in [0.3, 0.4) is 0 Å². The first-order valence-electron chi connectivity index (χ1n) is 14.5. The first-order chi connectivity index (χ1) is 19.2. The van der Waals surface area contributed by atoms with Gasteiger partial charge in [-0.3, -0.25) is 14.6 Å². The van der Waals surface area contributed by atoms with Gasteiger partial charge < -0.3 is 19.1 Å². The minimum absolute atomic E-state index is 0.00561. The Morgan fingerprint density at radius 3 is 2.52 bits per heavy atom. The molecule has 1 aliphatic carbocycles. The van der Waals surface area contributed by atoms with Crippen LogP contribution in [0.1, 0.15) is 61.0 Å². The van der Waals surface area contributed by atoms with Crippen LogP contribution in [0.5, 0.6) is 0 Å². The van der Waals surface area contributed by atoms with Crippen LogP contribution in [-0.2, 0) is 16.0 Å². The smallest absolute Gasteiger partial charge is 0.308 e. The fourth-order valence-corrected chi connectivity index (χ4v) is 6.49. The van der Waals surface area contributed by atoms with Gasteiger partial charge in [-0.05, 0) is 94.0 Å². The van der Waals surface area contributed by atoms with Gasteiger partial charge in [0, 0.05) is 50.5 Å². The molecule has 214 valence electrons. The van der Waals surface area contributed by atoms with Crippen LogP contribution in [0.25, 0.3) is 16.6 Å². The summed E-state index contributed by atoms with van der Waals surface area (Å²) in [6.07, 6.45) is 10.8. The Kier molecular flexibility index (Phi) is 8.26. The number of carbonyl (C=O) groups excluding carboxylic acids is 2. The standard InChI is InChI=1S/C32H41FN4O3/c1-20(2)35(4)31(38)27-13-26(33)10-11-28(27)37-19-25(30-21(3)14-34-15-29(30)37)12-23-17-36(18-23)16-22-6-8-24(9-7-22)32(39)40-5/h10-11,13-15,19-20,22-24H,6-9,12,16-18H2,1-5H3/t22-,24-. The summed E-state index contributed by atoms with van der Waals surface area (Å²) in [5, 5.41) is 1.16. The van der Waals surface area contributed by atoms with E-state index in [0.717, 1.165) is 68.2 Å². The third-order valence-electron chi connectivity index (χ3n) is 8.96. The van der Waals surface area contributed by atoms with E-state index < -0.39 is 5.82 Å². The average molecular weight is 549 g/mol. The van der Waals surface area contributed by atoms with Gasteiger partial charge in [0.15, 0.2) is 0 Å². The van der Waals surface area contributed by atoms with E-state index in [9.17, 15) is 14.0 Å². The van der Waals surface area contributed by atoms with Crippen molar-refractivity contribution in [3.05, 3.63) is 59.3 Å². The first kappa shape index (κ1) is 28.3. The predicted octanol–water partition coefficient (Wildman–Crippen LogP) is 5.41. The lowest BCUT2D eigenvalue weighted by molar-refractivity contribution is -0.146. The molecule has 1 saturated heterocycles. The maximum atomic E-state index is 14.4. The van der Waals surface area contributed by atoms with E-state index in [2.05, 4.69) is 23.0 Å². The molecule has 8 heteroatoms. The lowest BCUT2D eigenvalue weighted by Crippen LogP contribution is -2.49. The van der Waals surface area contributed by atoms with Gasteiger partial charge in [0.25, 0.3) is 5.91 Å². The number of fused-ring (bicyclic) bond motifs is 1. The lowest BCUT2D eigenvalue weighted by Gasteiger charge is -2.42. The van der Waals surface area contributed by atoms with E-state index in [4.69, 9.17) is 4.74 Å². The van der Waals surface area contributed by atoms with E-state index in [1.807, 2.05) is 30.8 Å². The number of ether oxygens (including phenoxy) is 1. The molecule has 3 aromatic rings. The SMILES string of the molecule is COC(=O)[C@H]1CC[C@H](CN2CC(Cc3cn(-c4ccc(F)cc4C(=O)N(C)C(C)C)c4cncc(C)c34)C2)CC1. The molecule has 1 saturated carbocycles. The summed E-state index contributed by atoms with van der Waals surface area (Å²) < 4.78 is 21.3. The summed E-state index contributed by atoms with van der Waals surface area (Å²) in [6, 6.07) is 4.45. The zero-order valence-corrected chi connectivity index (χ0v) is 24.3. The molecule has 7 nitrogen and oxygen atoms in total. The van der Waals surface area contributed by atoms with Crippen molar-refractivity contribution < 1.29 is 18.7 Å². The van der Waals surface area contributed by atoms with Gasteiger partial charge in [0.2, 0.25) is 0 Å². The number of pyridine rings is 1. The average Bonchev–Trinajstić information content (AvgIpc) is 3.30. The van der Waals surface area contributed by atoms with Crippen molar-refractivity contribution in [2.45, 2.75) is 58.9 Å². The fourth-order valence-electron chi connectivity index (χ4n) is 6.49. The van der Waals surface area contributed by atoms with Crippen LogP contribution in [0, 0.1) is 30.5 Å². The Morgan fingerprint density at radius 2 is 1.85 bits per heavy atom. The monoisotopic (exact) mass is 548 g/mol. The number of halogens is 1. The quantitative estimate of drug-likeness (QED) is 0.352. The molecule has 2 fully saturated rings. The molecule has 0 atom stereocenters. The number of hydrogen-bond acceptors (Lipinski definition) is 5. The number of rotatable bonds is 8. The third kappa shape index (κ3) is 5.64. The molecule has 0 N–H and O–H groups in total. The molecule has 40 heavy (non-hydrogen) atoms. The normalized spacial score (nSPS) is 20.1.